The van der Waals surface area contributed by atoms with Crippen molar-refractivity contribution in [2.75, 3.05) is 11.9 Å². The lowest BCUT2D eigenvalue weighted by molar-refractivity contribution is 0.102. The van der Waals surface area contributed by atoms with E-state index < -0.39 is 0 Å². The van der Waals surface area contributed by atoms with Crippen molar-refractivity contribution >= 4 is 22.5 Å². The summed E-state index contributed by atoms with van der Waals surface area (Å²) in [6.45, 7) is 1.85. The van der Waals surface area contributed by atoms with Gasteiger partial charge in [0.25, 0.3) is 5.91 Å². The van der Waals surface area contributed by atoms with Gasteiger partial charge in [-0.15, -0.1) is 0 Å². The minimum absolute atomic E-state index is 0.147. The quantitative estimate of drug-likeness (QED) is 0.363. The number of nitrogens with zero attached hydrogens (tertiary/aromatic N) is 3. The molecular weight excluding hydrogens is 412 g/mol. The van der Waals surface area contributed by atoms with Crippen LogP contribution in [-0.2, 0) is 13.1 Å². The number of carbonyl (C=O) groups is 1. The van der Waals surface area contributed by atoms with E-state index in [1.54, 1.807) is 6.20 Å². The Bertz CT molecular complexity index is 1360. The smallest absolute Gasteiger partial charge is 0.257 e. The number of anilines is 1. The van der Waals surface area contributed by atoms with Gasteiger partial charge in [0.1, 0.15) is 12.4 Å². The van der Waals surface area contributed by atoms with Crippen LogP contribution in [0.5, 0.6) is 5.75 Å². The molecule has 0 unspecified atom stereocenters. The zero-order chi connectivity index (χ0) is 22.5. The molecule has 0 radical (unpaired) electrons. The Hall–Kier alpha value is -4.32. The van der Waals surface area contributed by atoms with E-state index in [2.05, 4.69) is 27.1 Å². The van der Waals surface area contributed by atoms with Gasteiger partial charge < -0.3 is 14.6 Å². The molecule has 3 aromatic carbocycles. The van der Waals surface area contributed by atoms with Gasteiger partial charge in [0.15, 0.2) is 0 Å². The van der Waals surface area contributed by atoms with Gasteiger partial charge in [-0.1, -0.05) is 54.6 Å². The summed E-state index contributed by atoms with van der Waals surface area (Å²) in [5.41, 5.74) is 3.55. The highest BCUT2D eigenvalue weighted by Crippen LogP contribution is 2.24. The van der Waals surface area contributed by atoms with E-state index in [-0.39, 0.29) is 5.91 Å². The number of amides is 1. The molecule has 0 fully saturated rings. The van der Waals surface area contributed by atoms with Crippen molar-refractivity contribution in [3.05, 3.63) is 115 Å². The molecule has 5 rings (SSSR count). The molecule has 1 N–H and O–H groups in total. The molecule has 6 nitrogen and oxygen atoms in total. The first-order valence-electron chi connectivity index (χ1n) is 10.9. The first-order valence-corrected chi connectivity index (χ1v) is 10.9. The fraction of sp³-hybridized carbons (Fsp3) is 0.111. The molecule has 33 heavy (non-hydrogen) atoms. The average Bonchev–Trinajstić information content (AvgIpc) is 3.49. The Labute approximate surface area is 192 Å². The maximum atomic E-state index is 13.2. The maximum Gasteiger partial charge on any atom is 0.257 e. The van der Waals surface area contributed by atoms with Gasteiger partial charge in [-0.05, 0) is 29.8 Å². The summed E-state index contributed by atoms with van der Waals surface area (Å²) in [5.74, 6) is 0.554. The van der Waals surface area contributed by atoms with Gasteiger partial charge in [-0.3, -0.25) is 9.48 Å². The van der Waals surface area contributed by atoms with E-state index in [1.807, 2.05) is 89.9 Å². The minimum Gasteiger partial charge on any atom is -0.492 e. The number of hydrogen-bond donors (Lipinski definition) is 1. The van der Waals surface area contributed by atoms with Crippen molar-refractivity contribution < 1.29 is 9.53 Å². The van der Waals surface area contributed by atoms with Crippen molar-refractivity contribution in [3.63, 3.8) is 0 Å². The van der Waals surface area contributed by atoms with Crippen LogP contribution in [0, 0.1) is 0 Å². The second kappa shape index (κ2) is 9.44. The molecule has 1 amide bonds. The number of nitrogens with one attached hydrogen (secondary N) is 1. The van der Waals surface area contributed by atoms with Crippen LogP contribution in [0.15, 0.2) is 104 Å². The summed E-state index contributed by atoms with van der Waals surface area (Å²) in [6.07, 6.45) is 5.57. The molecule has 0 saturated heterocycles. The summed E-state index contributed by atoms with van der Waals surface area (Å²) in [4.78, 5) is 13.2. The molecule has 2 heterocycles. The van der Waals surface area contributed by atoms with Crippen LogP contribution < -0.4 is 10.1 Å². The molecule has 0 atom stereocenters. The van der Waals surface area contributed by atoms with Crippen molar-refractivity contribution in [2.45, 2.75) is 13.1 Å². The van der Waals surface area contributed by atoms with E-state index in [1.165, 1.54) is 5.56 Å². The zero-order valence-electron chi connectivity index (χ0n) is 18.1. The van der Waals surface area contributed by atoms with E-state index in [0.717, 1.165) is 10.9 Å². The number of fused-ring (bicyclic) bond motifs is 1. The summed E-state index contributed by atoms with van der Waals surface area (Å²) < 4.78 is 9.77. The molecule has 0 aliphatic rings. The van der Waals surface area contributed by atoms with Crippen molar-refractivity contribution in [1.29, 1.82) is 0 Å². The number of rotatable bonds is 8. The predicted octanol–water partition coefficient (Wildman–Crippen LogP) is 5.22. The van der Waals surface area contributed by atoms with E-state index in [0.29, 0.717) is 36.7 Å². The SMILES string of the molecule is O=C(Nc1cccc(OCCn2cccn2)c1)c1cn(Cc2ccccc2)c2ccccc12. The van der Waals surface area contributed by atoms with Crippen LogP contribution in [0.1, 0.15) is 15.9 Å². The highest BCUT2D eigenvalue weighted by molar-refractivity contribution is 6.13. The second-order valence-electron chi connectivity index (χ2n) is 7.77. The third-order valence-electron chi connectivity index (χ3n) is 5.47. The van der Waals surface area contributed by atoms with Gasteiger partial charge in [0.2, 0.25) is 0 Å². The van der Waals surface area contributed by atoms with Gasteiger partial charge >= 0.3 is 0 Å². The Morgan fingerprint density at radius 2 is 1.79 bits per heavy atom. The van der Waals surface area contributed by atoms with Crippen LogP contribution >= 0.6 is 0 Å². The van der Waals surface area contributed by atoms with E-state index >= 15 is 0 Å². The second-order valence-corrected chi connectivity index (χ2v) is 7.77. The molecule has 0 spiro atoms. The largest absolute Gasteiger partial charge is 0.492 e. The van der Waals surface area contributed by atoms with Gasteiger partial charge in [-0.2, -0.15) is 5.10 Å². The van der Waals surface area contributed by atoms with Crippen LogP contribution in [0.4, 0.5) is 5.69 Å². The molecule has 2 aromatic heterocycles. The van der Waals surface area contributed by atoms with E-state index in [4.69, 9.17) is 4.74 Å². The number of hydrogen-bond acceptors (Lipinski definition) is 3. The molecule has 0 aliphatic carbocycles. The van der Waals surface area contributed by atoms with Gasteiger partial charge in [0, 0.05) is 47.8 Å². The first-order chi connectivity index (χ1) is 16.3. The highest BCUT2D eigenvalue weighted by Gasteiger charge is 2.15. The van der Waals surface area contributed by atoms with Crippen molar-refractivity contribution in [1.82, 2.24) is 14.3 Å². The summed E-state index contributed by atoms with van der Waals surface area (Å²) in [7, 11) is 0. The first kappa shape index (κ1) is 20.6. The lowest BCUT2D eigenvalue weighted by Crippen LogP contribution is -2.12. The third-order valence-corrected chi connectivity index (χ3v) is 5.47. The lowest BCUT2D eigenvalue weighted by atomic mass is 10.1. The summed E-state index contributed by atoms with van der Waals surface area (Å²) in [6, 6.07) is 27.6. The number of aromatic nitrogens is 3. The molecule has 5 aromatic rings. The van der Waals surface area contributed by atoms with Crippen molar-refractivity contribution in [3.8, 4) is 5.75 Å². The summed E-state index contributed by atoms with van der Waals surface area (Å²) in [5, 5.41) is 8.12. The highest BCUT2D eigenvalue weighted by atomic mass is 16.5. The minimum atomic E-state index is -0.147. The average molecular weight is 437 g/mol. The normalized spacial score (nSPS) is 10.9. The Morgan fingerprint density at radius 1 is 0.939 bits per heavy atom. The van der Waals surface area contributed by atoms with Gasteiger partial charge in [-0.25, -0.2) is 0 Å². The topological polar surface area (TPSA) is 61.1 Å². The predicted molar refractivity (Wildman–Crippen MR) is 130 cm³/mol. The number of carbonyl (C=O) groups excluding carboxylic acids is 1. The Morgan fingerprint density at radius 3 is 2.64 bits per heavy atom. The standard InChI is InChI=1S/C27H24N4O2/c32-27(29-22-10-6-11-23(18-22)33-17-16-31-15-7-14-28-31)25-20-30(19-21-8-2-1-3-9-21)26-13-5-4-12-24(25)26/h1-15,18,20H,16-17,19H2,(H,29,32). The molecule has 0 aliphatic heterocycles. The van der Waals surface area contributed by atoms with Crippen molar-refractivity contribution in [2.24, 2.45) is 0 Å². The molecular formula is C27H24N4O2. The summed E-state index contributed by atoms with van der Waals surface area (Å²) >= 11 is 0. The van der Waals surface area contributed by atoms with E-state index in [9.17, 15) is 4.79 Å². The fourth-order valence-electron chi connectivity index (χ4n) is 3.89. The maximum absolute atomic E-state index is 13.2. The molecule has 6 heteroatoms. The van der Waals surface area contributed by atoms with Gasteiger partial charge in [0.05, 0.1) is 12.1 Å². The van der Waals surface area contributed by atoms with Crippen LogP contribution in [0.3, 0.4) is 0 Å². The Kier molecular flexibility index (Phi) is 5.89. The number of ether oxygens (including phenoxy) is 1. The fourth-order valence-corrected chi connectivity index (χ4v) is 3.89. The molecule has 0 saturated carbocycles. The number of benzene rings is 3. The third kappa shape index (κ3) is 4.80. The lowest BCUT2D eigenvalue weighted by Gasteiger charge is -2.09. The molecule has 164 valence electrons. The van der Waals surface area contributed by atoms with Crippen LogP contribution in [0.25, 0.3) is 10.9 Å². The monoisotopic (exact) mass is 436 g/mol. The molecule has 0 bridgehead atoms. The zero-order valence-corrected chi connectivity index (χ0v) is 18.1. The van der Waals surface area contributed by atoms with Crippen LogP contribution in [-0.4, -0.2) is 26.9 Å². The Balaban J connectivity index is 1.32. The number of para-hydroxylation sites is 1. The van der Waals surface area contributed by atoms with Crippen LogP contribution in [0.2, 0.25) is 0 Å².